The minimum atomic E-state index is -1.35. The van der Waals surface area contributed by atoms with Crippen LogP contribution in [0, 0.1) is 23.7 Å². The van der Waals surface area contributed by atoms with Crippen molar-refractivity contribution in [3.63, 3.8) is 0 Å². The van der Waals surface area contributed by atoms with Gasteiger partial charge in [0.1, 0.15) is 23.7 Å². The number of carboxylic acids is 1. The minimum Gasteiger partial charge on any atom is -0.481 e. The second kappa shape index (κ2) is 20.9. The molecule has 0 spiro atoms. The van der Waals surface area contributed by atoms with Crippen LogP contribution >= 0.6 is 0 Å². The number of aliphatic hydroxyl groups excluding tert-OH is 2. The highest BCUT2D eigenvalue weighted by Crippen LogP contribution is 2.15. The summed E-state index contributed by atoms with van der Waals surface area (Å²) in [5, 5.41) is 43.6. The van der Waals surface area contributed by atoms with Crippen LogP contribution in [0.4, 0.5) is 4.79 Å². The molecule has 0 aromatic carbocycles. The third-order valence-corrected chi connectivity index (χ3v) is 7.45. The van der Waals surface area contributed by atoms with Crippen molar-refractivity contribution < 1.29 is 48.8 Å². The molecule has 8 N–H and O–H groups in total. The van der Waals surface area contributed by atoms with Gasteiger partial charge in [0, 0.05) is 0 Å². The van der Waals surface area contributed by atoms with Gasteiger partial charge in [0.25, 0.3) is 0 Å². The molecule has 15 nitrogen and oxygen atoms in total. The van der Waals surface area contributed by atoms with E-state index in [-0.39, 0.29) is 23.7 Å². The Morgan fingerprint density at radius 1 is 0.592 bits per heavy atom. The molecule has 1 unspecified atom stereocenters. The van der Waals surface area contributed by atoms with Crippen molar-refractivity contribution in [3.05, 3.63) is 0 Å². The van der Waals surface area contributed by atoms with Crippen LogP contribution in [0.25, 0.3) is 0 Å². The highest BCUT2D eigenvalue weighted by molar-refractivity contribution is 5.92. The number of hydrogen-bond acceptors (Lipinski definition) is 9. The van der Waals surface area contributed by atoms with Crippen molar-refractivity contribution in [2.75, 3.05) is 0 Å². The molecule has 0 rings (SSSR count). The number of amides is 5. The van der Waals surface area contributed by atoms with Gasteiger partial charge in [0.2, 0.25) is 23.6 Å². The summed E-state index contributed by atoms with van der Waals surface area (Å²) < 4.78 is 5.28. The summed E-state index contributed by atoms with van der Waals surface area (Å²) in [4.78, 5) is 76.0. The first-order valence-corrected chi connectivity index (χ1v) is 17.1. The number of alkyl carbamates (subject to hydrolysis) is 1. The van der Waals surface area contributed by atoms with E-state index in [9.17, 15) is 39.0 Å². The molecule has 0 aromatic heterocycles. The number of ether oxygens (including phenoxy) is 1. The lowest BCUT2D eigenvalue weighted by Crippen LogP contribution is -2.59. The van der Waals surface area contributed by atoms with Crippen molar-refractivity contribution in [3.8, 4) is 0 Å². The second-order valence-electron chi connectivity index (χ2n) is 15.3. The number of hydrogen-bond donors (Lipinski definition) is 8. The number of carboxylic acid groups (broad SMARTS) is 1. The molecular weight excluding hydrogens is 638 g/mol. The molecule has 0 radical (unpaired) electrons. The molecule has 0 aliphatic rings. The van der Waals surface area contributed by atoms with E-state index in [1.165, 1.54) is 6.92 Å². The Hall–Kier alpha value is -3.46. The lowest BCUT2D eigenvalue weighted by Gasteiger charge is -2.31. The third-order valence-electron chi connectivity index (χ3n) is 7.45. The van der Waals surface area contributed by atoms with Crippen LogP contribution < -0.4 is 26.6 Å². The van der Waals surface area contributed by atoms with Gasteiger partial charge in [-0.05, 0) is 64.2 Å². The Balaban J connectivity index is 5.64. The lowest BCUT2D eigenvalue weighted by atomic mass is 9.95. The van der Waals surface area contributed by atoms with E-state index in [1.807, 2.05) is 27.7 Å². The second-order valence-corrected chi connectivity index (χ2v) is 15.3. The first-order valence-electron chi connectivity index (χ1n) is 17.1. The van der Waals surface area contributed by atoms with Crippen molar-refractivity contribution in [1.82, 2.24) is 26.6 Å². The Labute approximate surface area is 291 Å². The molecule has 0 aliphatic heterocycles. The largest absolute Gasteiger partial charge is 0.481 e. The number of aliphatic hydroxyl groups is 2. The third kappa shape index (κ3) is 18.8. The van der Waals surface area contributed by atoms with E-state index in [1.54, 1.807) is 48.5 Å². The molecule has 0 saturated heterocycles. The topological polar surface area (TPSA) is 232 Å². The van der Waals surface area contributed by atoms with Gasteiger partial charge >= 0.3 is 12.1 Å². The number of aliphatic carboxylic acids is 1. The average Bonchev–Trinajstić information content (AvgIpc) is 2.91. The monoisotopic (exact) mass is 701 g/mol. The Morgan fingerprint density at radius 2 is 1.00 bits per heavy atom. The minimum absolute atomic E-state index is 0.00160. The smallest absolute Gasteiger partial charge is 0.408 e. The molecule has 15 heteroatoms. The normalized spacial score (nSPS) is 16.2. The molecular formula is C34H63N5O10. The average molecular weight is 702 g/mol. The Morgan fingerprint density at radius 3 is 1.41 bits per heavy atom. The van der Waals surface area contributed by atoms with E-state index in [0.717, 1.165) is 0 Å². The molecule has 5 amide bonds. The fraction of sp³-hybridized carbons (Fsp3) is 0.824. The Bertz CT molecular complexity index is 1110. The molecule has 0 bridgehead atoms. The van der Waals surface area contributed by atoms with Gasteiger partial charge in [-0.25, -0.2) is 4.79 Å². The zero-order chi connectivity index (χ0) is 38.4. The zero-order valence-electron chi connectivity index (χ0n) is 31.4. The molecule has 0 heterocycles. The summed E-state index contributed by atoms with van der Waals surface area (Å²) in [6.07, 6.45) is -3.87. The van der Waals surface area contributed by atoms with E-state index >= 15 is 0 Å². The van der Waals surface area contributed by atoms with E-state index in [4.69, 9.17) is 9.84 Å². The van der Waals surface area contributed by atoms with Gasteiger partial charge in [0.05, 0.1) is 37.1 Å². The number of carbonyl (C=O) groups is 6. The molecule has 49 heavy (non-hydrogen) atoms. The van der Waals surface area contributed by atoms with Crippen molar-refractivity contribution in [2.45, 2.75) is 157 Å². The van der Waals surface area contributed by atoms with Gasteiger partial charge in [0.15, 0.2) is 0 Å². The van der Waals surface area contributed by atoms with Gasteiger partial charge < -0.3 is 46.6 Å². The highest BCUT2D eigenvalue weighted by atomic mass is 16.6. The number of carbonyl (C=O) groups excluding carboxylic acids is 5. The predicted octanol–water partition coefficient (Wildman–Crippen LogP) is 1.83. The SMILES string of the molecule is CC(C)CC(NC(=O)[C@H](C)NC(=O)C[C@H](O)[C@H](CC(C)C)NC(=O)[C@@H](NC(=O)[C@@H](NC(=O)OC(C)(C)C)C(C)C)C(C)C)[C@@H](O)CC(=O)O. The van der Waals surface area contributed by atoms with Gasteiger partial charge in [-0.2, -0.15) is 0 Å². The first-order chi connectivity index (χ1) is 22.3. The quantitative estimate of drug-likeness (QED) is 0.0918. The zero-order valence-corrected chi connectivity index (χ0v) is 31.4. The number of rotatable bonds is 20. The number of nitrogens with one attached hydrogen (secondary N) is 5. The standard InChI is InChI=1S/C34H63N5O10/c1-17(2)13-22(24(40)15-26(42)35-21(9)30(45)36-23(14-18(3)4)25(41)16-27(43)44)37-31(46)28(19(5)6)38-32(47)29(20(7)8)39-33(48)49-34(10,11)12/h17-25,28-29,40-41H,13-16H2,1-12H3,(H,35,42)(H,36,45)(H,37,46)(H,38,47)(H,39,48)(H,43,44)/t21-,22-,23?,24-,25-,28-,29-/m0/s1. The summed E-state index contributed by atoms with van der Waals surface area (Å²) in [5.41, 5.74) is -0.778. The lowest BCUT2D eigenvalue weighted by molar-refractivity contribution is -0.140. The summed E-state index contributed by atoms with van der Waals surface area (Å²) in [7, 11) is 0. The van der Waals surface area contributed by atoms with Crippen LogP contribution in [-0.4, -0.2) is 99.0 Å². The maximum atomic E-state index is 13.5. The summed E-state index contributed by atoms with van der Waals surface area (Å²) in [6, 6.07) is -4.84. The summed E-state index contributed by atoms with van der Waals surface area (Å²) >= 11 is 0. The maximum Gasteiger partial charge on any atom is 0.408 e. The molecule has 0 aliphatic carbocycles. The van der Waals surface area contributed by atoms with Gasteiger partial charge in [-0.1, -0.05) is 55.4 Å². The molecule has 0 saturated carbocycles. The first kappa shape index (κ1) is 45.5. The molecule has 0 fully saturated rings. The van der Waals surface area contributed by atoms with Crippen LogP contribution in [0.2, 0.25) is 0 Å². The van der Waals surface area contributed by atoms with Crippen molar-refractivity contribution in [2.24, 2.45) is 23.7 Å². The summed E-state index contributed by atoms with van der Waals surface area (Å²) in [6.45, 7) is 20.9. The maximum absolute atomic E-state index is 13.5. The molecule has 0 aromatic rings. The van der Waals surface area contributed by atoms with Gasteiger partial charge in [-0.3, -0.25) is 24.0 Å². The molecule has 284 valence electrons. The van der Waals surface area contributed by atoms with Crippen LogP contribution in [0.15, 0.2) is 0 Å². The fourth-order valence-corrected chi connectivity index (χ4v) is 4.99. The fourth-order valence-electron chi connectivity index (χ4n) is 4.99. The summed E-state index contributed by atoms with van der Waals surface area (Å²) in [5.74, 6) is -4.39. The van der Waals surface area contributed by atoms with Crippen molar-refractivity contribution in [1.29, 1.82) is 0 Å². The van der Waals surface area contributed by atoms with E-state index in [0.29, 0.717) is 12.8 Å². The predicted molar refractivity (Wildman–Crippen MR) is 184 cm³/mol. The van der Waals surface area contributed by atoms with Gasteiger partial charge in [-0.15, -0.1) is 0 Å². The van der Waals surface area contributed by atoms with Crippen LogP contribution in [0.1, 0.15) is 109 Å². The van der Waals surface area contributed by atoms with E-state index < -0.39 is 96.6 Å². The molecule has 7 atom stereocenters. The van der Waals surface area contributed by atoms with Crippen LogP contribution in [0.5, 0.6) is 0 Å². The van der Waals surface area contributed by atoms with Crippen LogP contribution in [-0.2, 0) is 28.7 Å². The highest BCUT2D eigenvalue weighted by Gasteiger charge is 2.34. The van der Waals surface area contributed by atoms with Crippen LogP contribution in [0.3, 0.4) is 0 Å². The van der Waals surface area contributed by atoms with Crippen molar-refractivity contribution >= 4 is 35.7 Å². The Kier molecular flexibility index (Phi) is 19.4. The van der Waals surface area contributed by atoms with E-state index in [2.05, 4.69) is 26.6 Å².